The zero-order valence-corrected chi connectivity index (χ0v) is 23.6. The molecule has 0 bridgehead atoms. The van der Waals surface area contributed by atoms with Crippen molar-refractivity contribution in [2.75, 3.05) is 17.1 Å². The molecule has 3 rings (SSSR count). The molecular weight excluding hydrogens is 486 g/mol. The van der Waals surface area contributed by atoms with Crippen LogP contribution in [0.15, 0.2) is 42.5 Å². The third kappa shape index (κ3) is 8.06. The van der Waals surface area contributed by atoms with Crippen molar-refractivity contribution in [1.82, 2.24) is 10.2 Å². The standard InChI is InChI=1S/C29H41N3O4S/c1-6-27(29(34)30-25-10-8-7-9-11-25)31(19-24-14-12-21(2)13-15-24)28(33)20-32(37(5,35)36)26-17-22(3)16-23(4)18-26/h12-18,25,27H,6-11,19-20H2,1-5H3,(H,30,34)/t27-/m1/s1. The number of nitrogens with zero attached hydrogens (tertiary/aromatic N) is 2. The van der Waals surface area contributed by atoms with E-state index in [1.165, 1.54) is 6.42 Å². The Morgan fingerprint density at radius 2 is 1.54 bits per heavy atom. The summed E-state index contributed by atoms with van der Waals surface area (Å²) in [7, 11) is -3.75. The van der Waals surface area contributed by atoms with Crippen molar-refractivity contribution in [2.24, 2.45) is 0 Å². The van der Waals surface area contributed by atoms with Crippen LogP contribution in [0.2, 0.25) is 0 Å². The van der Waals surface area contributed by atoms with Crippen molar-refractivity contribution in [3.8, 4) is 0 Å². The Bertz CT molecular complexity index is 1170. The Morgan fingerprint density at radius 1 is 0.946 bits per heavy atom. The van der Waals surface area contributed by atoms with E-state index in [-0.39, 0.29) is 25.0 Å². The van der Waals surface area contributed by atoms with Crippen molar-refractivity contribution in [3.05, 3.63) is 64.7 Å². The molecule has 0 spiro atoms. The maximum Gasteiger partial charge on any atom is 0.244 e. The minimum atomic E-state index is -3.75. The number of hydrogen-bond donors (Lipinski definition) is 1. The average molecular weight is 528 g/mol. The van der Waals surface area contributed by atoms with E-state index in [1.54, 1.807) is 17.0 Å². The van der Waals surface area contributed by atoms with E-state index >= 15 is 0 Å². The molecule has 1 saturated carbocycles. The molecule has 37 heavy (non-hydrogen) atoms. The highest BCUT2D eigenvalue weighted by Crippen LogP contribution is 2.23. The van der Waals surface area contributed by atoms with Gasteiger partial charge in [0.15, 0.2) is 0 Å². The van der Waals surface area contributed by atoms with Crippen LogP contribution in [-0.2, 0) is 26.2 Å². The number of amides is 2. The third-order valence-corrected chi connectivity index (χ3v) is 8.13. The minimum Gasteiger partial charge on any atom is -0.352 e. The van der Waals surface area contributed by atoms with Gasteiger partial charge in [-0.15, -0.1) is 0 Å². The van der Waals surface area contributed by atoms with Crippen LogP contribution in [0.1, 0.15) is 67.7 Å². The highest BCUT2D eigenvalue weighted by atomic mass is 32.2. The summed E-state index contributed by atoms with van der Waals surface area (Å²) in [6, 6.07) is 12.7. The quantitative estimate of drug-likeness (QED) is 0.488. The van der Waals surface area contributed by atoms with Gasteiger partial charge in [-0.2, -0.15) is 0 Å². The number of carbonyl (C=O) groups excluding carboxylic acids is 2. The summed E-state index contributed by atoms with van der Waals surface area (Å²) in [5.74, 6) is -0.581. The Hall–Kier alpha value is -2.87. The van der Waals surface area contributed by atoms with Crippen LogP contribution < -0.4 is 9.62 Å². The number of nitrogens with one attached hydrogen (secondary N) is 1. The first kappa shape index (κ1) is 28.7. The lowest BCUT2D eigenvalue weighted by molar-refractivity contribution is -0.140. The van der Waals surface area contributed by atoms with Gasteiger partial charge in [-0.05, 0) is 68.9 Å². The summed E-state index contributed by atoms with van der Waals surface area (Å²) in [4.78, 5) is 28.8. The molecule has 0 saturated heterocycles. The lowest BCUT2D eigenvalue weighted by atomic mass is 9.95. The van der Waals surface area contributed by atoms with Crippen LogP contribution in [0.4, 0.5) is 5.69 Å². The third-order valence-electron chi connectivity index (χ3n) is 6.98. The summed E-state index contributed by atoms with van der Waals surface area (Å²) in [6.07, 6.45) is 6.79. The molecule has 1 atom stereocenters. The number of hydrogen-bond acceptors (Lipinski definition) is 4. The Kier molecular flexibility index (Phi) is 9.76. The largest absolute Gasteiger partial charge is 0.352 e. The van der Waals surface area contributed by atoms with Crippen LogP contribution in [0.3, 0.4) is 0 Å². The molecule has 0 aromatic heterocycles. The maximum absolute atomic E-state index is 13.9. The predicted molar refractivity (Wildman–Crippen MR) is 149 cm³/mol. The van der Waals surface area contributed by atoms with Crippen LogP contribution in [-0.4, -0.2) is 50.0 Å². The van der Waals surface area contributed by atoms with E-state index in [4.69, 9.17) is 0 Å². The maximum atomic E-state index is 13.9. The molecule has 0 radical (unpaired) electrons. The van der Waals surface area contributed by atoms with E-state index in [9.17, 15) is 18.0 Å². The highest BCUT2D eigenvalue weighted by molar-refractivity contribution is 7.92. The normalized spacial score (nSPS) is 15.2. The van der Waals surface area contributed by atoms with Crippen LogP contribution in [0.5, 0.6) is 0 Å². The second kappa shape index (κ2) is 12.6. The Labute approximate surface area is 222 Å². The van der Waals surface area contributed by atoms with Crippen molar-refractivity contribution < 1.29 is 18.0 Å². The molecule has 2 aromatic rings. The first-order valence-corrected chi connectivity index (χ1v) is 15.0. The summed E-state index contributed by atoms with van der Waals surface area (Å²) in [6.45, 7) is 7.52. The molecule has 2 amide bonds. The fourth-order valence-corrected chi connectivity index (χ4v) is 5.90. The molecule has 2 aromatic carbocycles. The Morgan fingerprint density at radius 3 is 2.08 bits per heavy atom. The van der Waals surface area contributed by atoms with Gasteiger partial charge in [-0.1, -0.05) is 62.1 Å². The van der Waals surface area contributed by atoms with E-state index in [1.807, 2.05) is 58.0 Å². The average Bonchev–Trinajstić information content (AvgIpc) is 2.82. The molecule has 0 heterocycles. The number of benzene rings is 2. The summed E-state index contributed by atoms with van der Waals surface area (Å²) in [5.41, 5.74) is 4.25. The van der Waals surface area contributed by atoms with Gasteiger partial charge < -0.3 is 10.2 Å². The molecule has 1 fully saturated rings. The first-order chi connectivity index (χ1) is 17.5. The number of anilines is 1. The van der Waals surface area contributed by atoms with Crippen LogP contribution >= 0.6 is 0 Å². The molecule has 1 aliphatic rings. The zero-order chi connectivity index (χ0) is 27.2. The second-order valence-corrected chi connectivity index (χ2v) is 12.3. The fraction of sp³-hybridized carbons (Fsp3) is 0.517. The molecule has 202 valence electrons. The van der Waals surface area contributed by atoms with Crippen molar-refractivity contribution >= 4 is 27.5 Å². The van der Waals surface area contributed by atoms with Gasteiger partial charge in [0, 0.05) is 12.6 Å². The lowest BCUT2D eigenvalue weighted by Gasteiger charge is -2.34. The highest BCUT2D eigenvalue weighted by Gasteiger charge is 2.32. The second-order valence-electron chi connectivity index (χ2n) is 10.4. The molecule has 1 aliphatic carbocycles. The molecule has 0 unspecified atom stereocenters. The molecule has 7 nitrogen and oxygen atoms in total. The number of rotatable bonds is 10. The Balaban J connectivity index is 1.92. The summed E-state index contributed by atoms with van der Waals surface area (Å²) >= 11 is 0. The van der Waals surface area contributed by atoms with Gasteiger partial charge in [0.1, 0.15) is 12.6 Å². The van der Waals surface area contributed by atoms with Gasteiger partial charge >= 0.3 is 0 Å². The summed E-state index contributed by atoms with van der Waals surface area (Å²) in [5, 5.41) is 3.17. The minimum absolute atomic E-state index is 0.120. The molecule has 1 N–H and O–H groups in total. The zero-order valence-electron chi connectivity index (χ0n) is 22.8. The van der Waals surface area contributed by atoms with Gasteiger partial charge in [0.25, 0.3) is 0 Å². The molecular formula is C29H41N3O4S. The van der Waals surface area contributed by atoms with Gasteiger partial charge in [0.2, 0.25) is 21.8 Å². The molecule has 0 aliphatic heterocycles. The number of carbonyl (C=O) groups is 2. The van der Waals surface area contributed by atoms with Gasteiger partial charge in [-0.3, -0.25) is 13.9 Å². The topological polar surface area (TPSA) is 86.8 Å². The van der Waals surface area contributed by atoms with Crippen molar-refractivity contribution in [2.45, 2.75) is 84.8 Å². The van der Waals surface area contributed by atoms with Crippen molar-refractivity contribution in [3.63, 3.8) is 0 Å². The van der Waals surface area contributed by atoms with Gasteiger partial charge in [0.05, 0.1) is 11.9 Å². The molecule has 8 heteroatoms. The summed E-state index contributed by atoms with van der Waals surface area (Å²) < 4.78 is 26.8. The van der Waals surface area contributed by atoms with Gasteiger partial charge in [-0.25, -0.2) is 8.42 Å². The lowest BCUT2D eigenvalue weighted by Crippen LogP contribution is -2.53. The SMILES string of the molecule is CC[C@H](C(=O)NC1CCCCC1)N(Cc1ccc(C)cc1)C(=O)CN(c1cc(C)cc(C)c1)S(C)(=O)=O. The van der Waals surface area contributed by atoms with Crippen LogP contribution in [0.25, 0.3) is 0 Å². The van der Waals surface area contributed by atoms with Crippen molar-refractivity contribution in [1.29, 1.82) is 0 Å². The van der Waals surface area contributed by atoms with E-state index in [0.717, 1.165) is 58.5 Å². The monoisotopic (exact) mass is 527 g/mol. The smallest absolute Gasteiger partial charge is 0.244 e. The first-order valence-electron chi connectivity index (χ1n) is 13.2. The van der Waals surface area contributed by atoms with E-state index in [0.29, 0.717) is 12.1 Å². The van der Waals surface area contributed by atoms with Crippen LogP contribution in [0, 0.1) is 20.8 Å². The number of aryl methyl sites for hydroxylation is 3. The van der Waals surface area contributed by atoms with E-state index in [2.05, 4.69) is 5.32 Å². The van der Waals surface area contributed by atoms with E-state index < -0.39 is 22.0 Å². The fourth-order valence-electron chi connectivity index (χ4n) is 5.06. The number of sulfonamides is 1. The predicted octanol–water partition coefficient (Wildman–Crippen LogP) is 4.63.